The van der Waals surface area contributed by atoms with Gasteiger partial charge in [-0.15, -0.1) is 0 Å². The number of phenolic OH excluding ortho intramolecular Hbond substituents is 4. The van der Waals surface area contributed by atoms with Gasteiger partial charge < -0.3 is 58.3 Å². The van der Waals surface area contributed by atoms with Crippen LogP contribution in [0.4, 0.5) is 0 Å². The van der Waals surface area contributed by atoms with Gasteiger partial charge in [0, 0.05) is 40.1 Å². The molecule has 74 heavy (non-hydrogen) atoms. The van der Waals surface area contributed by atoms with E-state index < -0.39 is 23.9 Å². The molecule has 0 amide bonds. The third kappa shape index (κ3) is 17.1. The molecule has 0 heterocycles. The van der Waals surface area contributed by atoms with Crippen LogP contribution in [0.1, 0.15) is 63.7 Å². The molecule has 6 rings (SSSR count). The largest absolute Gasteiger partial charge is 0.506 e. The Morgan fingerprint density at radius 2 is 0.554 bits per heavy atom. The molecule has 6 aromatic rings. The van der Waals surface area contributed by atoms with Crippen molar-refractivity contribution in [3.63, 3.8) is 0 Å². The van der Waals surface area contributed by atoms with Gasteiger partial charge in [0.15, 0.2) is 0 Å². The van der Waals surface area contributed by atoms with Crippen LogP contribution in [0.25, 0.3) is 0 Å². The second kappa shape index (κ2) is 28.2. The standard InChI is InChI=1S/C50H38Br8O16/c51-33-9-29(43(59)39(55)17-33)21-71-47(63)25-7-26(48(64)72-22-30-10-34(52)18-40(56)44(30)60)14-37(13-25)69-5-3-67-1-2-68-4-6-70-38-15-27(49(65)73-23-31-11-35(53)19-41(57)45(31)61)8-28(16-38)50(66)74-24-32-12-36(54)20-42(58)46(32)62/h7-20,59-62H,1-6,21-24H2. The van der Waals surface area contributed by atoms with Crippen molar-refractivity contribution in [2.45, 2.75) is 26.4 Å². The number of esters is 4. The predicted octanol–water partition coefficient (Wildman–Crippen LogP) is 13.5. The minimum absolute atomic E-state index is 0.0112. The van der Waals surface area contributed by atoms with E-state index in [4.69, 9.17) is 37.9 Å². The molecule has 0 radical (unpaired) electrons. The minimum Gasteiger partial charge on any atom is -0.506 e. The number of aromatic hydroxyl groups is 4. The first-order chi connectivity index (χ1) is 35.3. The van der Waals surface area contributed by atoms with Crippen LogP contribution >= 0.6 is 127 Å². The normalized spacial score (nSPS) is 11.0. The van der Waals surface area contributed by atoms with E-state index in [1.807, 2.05) is 0 Å². The zero-order valence-corrected chi connectivity index (χ0v) is 50.6. The monoisotopic (exact) mass is 1530 g/mol. The van der Waals surface area contributed by atoms with E-state index in [2.05, 4.69) is 127 Å². The summed E-state index contributed by atoms with van der Waals surface area (Å²) in [6.45, 7) is -0.802. The minimum atomic E-state index is -0.824. The van der Waals surface area contributed by atoms with Crippen LogP contribution in [0, 0.1) is 0 Å². The Bertz CT molecular complexity index is 2680. The van der Waals surface area contributed by atoms with Crippen LogP contribution < -0.4 is 9.47 Å². The van der Waals surface area contributed by atoms with Crippen LogP contribution in [0.2, 0.25) is 0 Å². The zero-order valence-electron chi connectivity index (χ0n) is 37.9. The summed E-state index contributed by atoms with van der Waals surface area (Å²) >= 11 is 26.4. The maximum Gasteiger partial charge on any atom is 0.338 e. The molecule has 0 saturated carbocycles. The highest BCUT2D eigenvalue weighted by atomic mass is 79.9. The second-order valence-electron chi connectivity index (χ2n) is 15.3. The fourth-order valence-corrected chi connectivity index (χ4v) is 11.7. The maximum absolute atomic E-state index is 13.3. The molecule has 0 aromatic heterocycles. The van der Waals surface area contributed by atoms with Crippen LogP contribution in [-0.4, -0.2) is 83.9 Å². The first kappa shape index (κ1) is 59.0. The number of ether oxygens (including phenoxy) is 8. The molecule has 0 saturated heterocycles. The summed E-state index contributed by atoms with van der Waals surface area (Å²) in [5, 5.41) is 41.8. The Morgan fingerprint density at radius 3 is 0.797 bits per heavy atom. The van der Waals surface area contributed by atoms with Crippen molar-refractivity contribution >= 4 is 151 Å². The highest BCUT2D eigenvalue weighted by Gasteiger charge is 2.21. The molecule has 0 aliphatic heterocycles. The smallest absolute Gasteiger partial charge is 0.338 e. The van der Waals surface area contributed by atoms with Crippen molar-refractivity contribution < 1.29 is 77.5 Å². The quantitative estimate of drug-likeness (QED) is 0.0266. The van der Waals surface area contributed by atoms with Gasteiger partial charge in [0.2, 0.25) is 0 Å². The summed E-state index contributed by atoms with van der Waals surface area (Å²) in [5.41, 5.74) is 1.06. The van der Waals surface area contributed by atoms with Gasteiger partial charge in [0.1, 0.15) is 74.1 Å². The number of halogens is 8. The van der Waals surface area contributed by atoms with Crippen LogP contribution in [-0.2, 0) is 54.8 Å². The Hall–Kier alpha value is -4.24. The molecular formula is C50H38Br8O16. The van der Waals surface area contributed by atoms with E-state index >= 15 is 0 Å². The van der Waals surface area contributed by atoms with E-state index in [1.54, 1.807) is 48.5 Å². The number of carbonyl (C=O) groups excluding carboxylic acids is 4. The second-order valence-corrected chi connectivity index (χ2v) is 22.4. The summed E-state index contributed by atoms with van der Waals surface area (Å²) in [6, 6.07) is 20.9. The van der Waals surface area contributed by atoms with Crippen LogP contribution in [0.3, 0.4) is 0 Å². The lowest BCUT2D eigenvalue weighted by atomic mass is 10.1. The molecule has 390 valence electrons. The van der Waals surface area contributed by atoms with Gasteiger partial charge >= 0.3 is 23.9 Å². The Balaban J connectivity index is 1.02. The molecule has 0 atom stereocenters. The van der Waals surface area contributed by atoms with Gasteiger partial charge in [-0.1, -0.05) is 63.7 Å². The first-order valence-electron chi connectivity index (χ1n) is 21.3. The van der Waals surface area contributed by atoms with E-state index in [1.165, 1.54) is 36.4 Å². The molecule has 0 spiro atoms. The van der Waals surface area contributed by atoms with Gasteiger partial charge in [-0.3, -0.25) is 0 Å². The molecular weight excluding hydrogens is 1500 g/mol. The number of phenols is 4. The van der Waals surface area contributed by atoms with Gasteiger partial charge in [-0.2, -0.15) is 0 Å². The summed E-state index contributed by atoms with van der Waals surface area (Å²) in [7, 11) is 0. The molecule has 0 aliphatic rings. The lowest BCUT2D eigenvalue weighted by molar-refractivity contribution is 0.0272. The lowest BCUT2D eigenvalue weighted by Gasteiger charge is -2.13. The van der Waals surface area contributed by atoms with Gasteiger partial charge in [-0.05, 0) is 149 Å². The number of hydrogen-bond acceptors (Lipinski definition) is 16. The Kier molecular flexibility index (Phi) is 22.5. The predicted molar refractivity (Wildman–Crippen MR) is 296 cm³/mol. The van der Waals surface area contributed by atoms with Crippen LogP contribution in [0.5, 0.6) is 34.5 Å². The average Bonchev–Trinajstić information content (AvgIpc) is 3.36. The number of carbonyl (C=O) groups is 4. The van der Waals surface area contributed by atoms with E-state index in [0.717, 1.165) is 0 Å². The van der Waals surface area contributed by atoms with Crippen LogP contribution in [0.15, 0.2) is 121 Å². The van der Waals surface area contributed by atoms with Crippen molar-refractivity contribution in [3.8, 4) is 34.5 Å². The van der Waals surface area contributed by atoms with Gasteiger partial charge in [-0.25, -0.2) is 19.2 Å². The van der Waals surface area contributed by atoms with Crippen molar-refractivity contribution in [3.05, 3.63) is 165 Å². The fraction of sp³-hybridized carbons (Fsp3) is 0.200. The zero-order chi connectivity index (χ0) is 53.6. The Labute approximate surface area is 489 Å². The summed E-state index contributed by atoms with van der Waals surface area (Å²) < 4.78 is 49.1. The summed E-state index contributed by atoms with van der Waals surface area (Å²) in [6.07, 6.45) is 0. The number of benzene rings is 6. The van der Waals surface area contributed by atoms with Gasteiger partial charge in [0.25, 0.3) is 0 Å². The SMILES string of the molecule is O=C(OCc1cc(Br)cc(Br)c1O)c1cc(OCCOCCOCCOc2cc(C(=O)OCc3cc(Br)cc(Br)c3O)cc(C(=O)OCc3cc(Br)cc(Br)c3O)c2)cc(C(=O)OCc2cc(Br)cc(Br)c2O)c1. The van der Waals surface area contributed by atoms with Crippen molar-refractivity contribution in [2.75, 3.05) is 39.6 Å². The number of rotatable bonds is 23. The molecule has 4 N–H and O–H groups in total. The maximum atomic E-state index is 13.3. The lowest BCUT2D eigenvalue weighted by Crippen LogP contribution is -2.15. The molecule has 24 heteroatoms. The van der Waals surface area contributed by atoms with E-state index in [-0.39, 0.29) is 123 Å². The molecule has 0 fully saturated rings. The van der Waals surface area contributed by atoms with Gasteiger partial charge in [0.05, 0.1) is 66.6 Å². The third-order valence-electron chi connectivity index (χ3n) is 9.98. The first-order valence-corrected chi connectivity index (χ1v) is 27.7. The molecule has 0 unspecified atom stereocenters. The fourth-order valence-electron chi connectivity index (χ4n) is 6.42. The summed E-state index contributed by atoms with van der Waals surface area (Å²) in [4.78, 5) is 53.3. The number of hydrogen-bond donors (Lipinski definition) is 4. The van der Waals surface area contributed by atoms with E-state index in [0.29, 0.717) is 58.0 Å². The third-order valence-corrected chi connectivity index (χ3v) is 14.2. The van der Waals surface area contributed by atoms with Crippen molar-refractivity contribution in [1.29, 1.82) is 0 Å². The highest BCUT2D eigenvalue weighted by Crippen LogP contribution is 2.36. The molecule has 6 aromatic carbocycles. The van der Waals surface area contributed by atoms with Crippen molar-refractivity contribution in [2.24, 2.45) is 0 Å². The molecule has 0 bridgehead atoms. The topological polar surface area (TPSA) is 223 Å². The Morgan fingerprint density at radius 1 is 0.324 bits per heavy atom. The molecule has 16 nitrogen and oxygen atoms in total. The average molecular weight is 1530 g/mol. The highest BCUT2D eigenvalue weighted by molar-refractivity contribution is 9.12. The summed E-state index contributed by atoms with van der Waals surface area (Å²) in [5.74, 6) is -3.51. The molecule has 0 aliphatic carbocycles. The van der Waals surface area contributed by atoms with Crippen molar-refractivity contribution in [1.82, 2.24) is 0 Å². The van der Waals surface area contributed by atoms with E-state index in [9.17, 15) is 39.6 Å².